The molecule has 156 valence electrons. The third-order valence-corrected chi connectivity index (χ3v) is 6.89. The zero-order chi connectivity index (χ0) is 20.8. The first kappa shape index (κ1) is 19.6. The van der Waals surface area contributed by atoms with Crippen LogP contribution in [0.4, 0.5) is 5.82 Å². The number of carbonyl (C=O) groups excluding carboxylic acids is 1. The number of nitrogens with two attached hydrogens (primary N) is 1. The Kier molecular flexibility index (Phi) is 5.03. The average Bonchev–Trinajstić information content (AvgIpc) is 3.11. The molecule has 0 unspecified atom stereocenters. The predicted molar refractivity (Wildman–Crippen MR) is 117 cm³/mol. The fourth-order valence-electron chi connectivity index (χ4n) is 4.54. The van der Waals surface area contributed by atoms with Crippen LogP contribution in [-0.4, -0.2) is 43.4 Å². The van der Waals surface area contributed by atoms with Crippen LogP contribution in [0.5, 0.6) is 0 Å². The molecule has 1 aliphatic heterocycles. The highest BCUT2D eigenvalue weighted by atomic mass is 35.5. The van der Waals surface area contributed by atoms with E-state index >= 15 is 0 Å². The van der Waals surface area contributed by atoms with Crippen molar-refractivity contribution < 1.29 is 4.79 Å². The smallest absolute Gasteiger partial charge is 0.255 e. The minimum Gasteiger partial charge on any atom is -0.382 e. The van der Waals surface area contributed by atoms with Crippen LogP contribution in [0, 0.1) is 0 Å². The summed E-state index contributed by atoms with van der Waals surface area (Å²) in [5, 5.41) is 0.702. The van der Waals surface area contributed by atoms with Gasteiger partial charge in [-0.1, -0.05) is 42.5 Å². The van der Waals surface area contributed by atoms with Gasteiger partial charge in [-0.15, -0.1) is 0 Å². The number of nitrogen functional groups attached to an aromatic ring is 1. The molecule has 1 aliphatic carbocycles. The Morgan fingerprint density at radius 2 is 1.83 bits per heavy atom. The van der Waals surface area contributed by atoms with Crippen molar-refractivity contribution in [2.45, 2.75) is 44.4 Å². The van der Waals surface area contributed by atoms with Crippen molar-refractivity contribution in [2.75, 3.05) is 18.8 Å². The van der Waals surface area contributed by atoms with Crippen LogP contribution < -0.4 is 5.73 Å². The summed E-state index contributed by atoms with van der Waals surface area (Å²) in [5.41, 5.74) is 8.99. The number of imidazole rings is 1. The first-order valence-corrected chi connectivity index (χ1v) is 11.1. The molecule has 5 rings (SSSR count). The quantitative estimate of drug-likeness (QED) is 0.637. The van der Waals surface area contributed by atoms with Crippen LogP contribution in [0.25, 0.3) is 16.9 Å². The van der Waals surface area contributed by atoms with Crippen molar-refractivity contribution in [3.05, 3.63) is 39.9 Å². The van der Waals surface area contributed by atoms with Crippen LogP contribution in [0.15, 0.2) is 18.7 Å². The number of carbonyl (C=O) groups is 1. The van der Waals surface area contributed by atoms with Gasteiger partial charge < -0.3 is 10.6 Å². The number of aromatic nitrogens is 4. The van der Waals surface area contributed by atoms with Gasteiger partial charge in [-0.3, -0.25) is 9.36 Å². The van der Waals surface area contributed by atoms with E-state index in [1.165, 1.54) is 12.7 Å². The van der Waals surface area contributed by atoms with E-state index in [-0.39, 0.29) is 22.7 Å². The molecule has 2 fully saturated rings. The highest BCUT2D eigenvalue weighted by Gasteiger charge is 2.32. The van der Waals surface area contributed by atoms with Crippen molar-refractivity contribution in [3.63, 3.8) is 0 Å². The standard InChI is InChI=1S/C21H22Cl2N6O/c22-13-9-14-18(27-11-29(14)20-17(23)19(24)25-10-26-20)15(12-5-2-1-3-6-12)16(13)21(30)28-7-4-8-28/h9-12H,1-8H2,(H2,24,25,26). The normalized spacial score (nSPS) is 17.3. The van der Waals surface area contributed by atoms with E-state index < -0.39 is 0 Å². The van der Waals surface area contributed by atoms with Gasteiger partial charge in [0.25, 0.3) is 5.91 Å². The third kappa shape index (κ3) is 3.11. The van der Waals surface area contributed by atoms with Crippen LogP contribution in [0.2, 0.25) is 10.0 Å². The minimum atomic E-state index is 0.00702. The first-order chi connectivity index (χ1) is 14.6. The van der Waals surface area contributed by atoms with Crippen molar-refractivity contribution in [1.82, 2.24) is 24.4 Å². The molecule has 2 aromatic heterocycles. The fraction of sp³-hybridized carbons (Fsp3) is 0.429. The monoisotopic (exact) mass is 444 g/mol. The SMILES string of the molecule is Nc1ncnc(-n2cnc3c(C4CCCCC4)c(C(=O)N4CCC4)c(Cl)cc32)c1Cl. The Bertz CT molecular complexity index is 1130. The zero-order valence-corrected chi connectivity index (χ0v) is 18.0. The van der Waals surface area contributed by atoms with Gasteiger partial charge in [-0.2, -0.15) is 0 Å². The highest BCUT2D eigenvalue weighted by Crippen LogP contribution is 2.42. The van der Waals surface area contributed by atoms with Crippen LogP contribution in [-0.2, 0) is 0 Å². The number of amides is 1. The third-order valence-electron chi connectivity index (χ3n) is 6.23. The lowest BCUT2D eigenvalue weighted by atomic mass is 9.81. The molecule has 3 heterocycles. The predicted octanol–water partition coefficient (Wildman–Crippen LogP) is 4.60. The molecular weight excluding hydrogens is 423 g/mol. The number of benzene rings is 1. The summed E-state index contributed by atoms with van der Waals surface area (Å²) < 4.78 is 1.77. The van der Waals surface area contributed by atoms with E-state index in [1.54, 1.807) is 17.0 Å². The van der Waals surface area contributed by atoms with Gasteiger partial charge in [0.2, 0.25) is 0 Å². The summed E-state index contributed by atoms with van der Waals surface area (Å²) in [6, 6.07) is 1.79. The number of nitrogens with zero attached hydrogens (tertiary/aromatic N) is 5. The Labute approximate surface area is 184 Å². The molecule has 0 spiro atoms. The molecule has 1 saturated carbocycles. The summed E-state index contributed by atoms with van der Waals surface area (Å²) in [4.78, 5) is 28.1. The van der Waals surface area contributed by atoms with Crippen molar-refractivity contribution in [2.24, 2.45) is 0 Å². The zero-order valence-electron chi connectivity index (χ0n) is 16.4. The Balaban J connectivity index is 1.74. The topological polar surface area (TPSA) is 89.9 Å². The largest absolute Gasteiger partial charge is 0.382 e. The Morgan fingerprint density at radius 1 is 1.07 bits per heavy atom. The first-order valence-electron chi connectivity index (χ1n) is 10.3. The molecule has 1 amide bonds. The summed E-state index contributed by atoms with van der Waals surface area (Å²) in [6.45, 7) is 1.56. The van der Waals surface area contributed by atoms with Gasteiger partial charge in [0.1, 0.15) is 23.5 Å². The molecule has 0 atom stereocenters. The molecule has 2 aliphatic rings. The molecule has 9 heteroatoms. The molecule has 3 aromatic rings. The van der Waals surface area contributed by atoms with Crippen LogP contribution in [0.3, 0.4) is 0 Å². The lowest BCUT2D eigenvalue weighted by Gasteiger charge is -2.33. The van der Waals surface area contributed by atoms with E-state index in [9.17, 15) is 4.79 Å². The number of anilines is 1. The van der Waals surface area contributed by atoms with Gasteiger partial charge in [0, 0.05) is 13.1 Å². The number of fused-ring (bicyclic) bond motifs is 1. The maximum Gasteiger partial charge on any atom is 0.255 e. The van der Waals surface area contributed by atoms with E-state index in [1.807, 2.05) is 4.90 Å². The van der Waals surface area contributed by atoms with Crippen LogP contribution in [0.1, 0.15) is 60.4 Å². The lowest BCUT2D eigenvalue weighted by molar-refractivity contribution is 0.0650. The summed E-state index contributed by atoms with van der Waals surface area (Å²) in [6.07, 6.45) is 9.64. The van der Waals surface area contributed by atoms with Gasteiger partial charge in [-0.05, 0) is 36.8 Å². The molecule has 7 nitrogen and oxygen atoms in total. The van der Waals surface area contributed by atoms with Gasteiger partial charge in [0.15, 0.2) is 5.82 Å². The highest BCUT2D eigenvalue weighted by molar-refractivity contribution is 6.35. The van der Waals surface area contributed by atoms with E-state index in [0.717, 1.165) is 61.8 Å². The van der Waals surface area contributed by atoms with Crippen molar-refractivity contribution in [1.29, 1.82) is 0 Å². The molecule has 2 N–H and O–H groups in total. The number of rotatable bonds is 3. The molecular formula is C21H22Cl2N6O. The van der Waals surface area contributed by atoms with E-state index in [4.69, 9.17) is 33.9 Å². The van der Waals surface area contributed by atoms with E-state index in [2.05, 4.69) is 9.97 Å². The second-order valence-corrected chi connectivity index (χ2v) is 8.79. The van der Waals surface area contributed by atoms with Crippen molar-refractivity contribution in [3.8, 4) is 5.82 Å². The second-order valence-electron chi connectivity index (χ2n) is 8.01. The molecule has 0 bridgehead atoms. The fourth-order valence-corrected chi connectivity index (χ4v) is 5.01. The summed E-state index contributed by atoms with van der Waals surface area (Å²) in [7, 11) is 0. The Hall–Kier alpha value is -2.38. The maximum atomic E-state index is 13.3. The maximum absolute atomic E-state index is 13.3. The minimum absolute atomic E-state index is 0.00702. The average molecular weight is 445 g/mol. The molecule has 1 saturated heterocycles. The molecule has 0 radical (unpaired) electrons. The Morgan fingerprint density at radius 3 is 2.53 bits per heavy atom. The number of halogens is 2. The molecule has 30 heavy (non-hydrogen) atoms. The number of likely N-dealkylation sites (tertiary alicyclic amines) is 1. The van der Waals surface area contributed by atoms with E-state index in [0.29, 0.717) is 16.4 Å². The summed E-state index contributed by atoms with van der Waals surface area (Å²) >= 11 is 13.1. The van der Waals surface area contributed by atoms with Gasteiger partial charge in [-0.25, -0.2) is 15.0 Å². The van der Waals surface area contributed by atoms with Crippen molar-refractivity contribution >= 4 is 46.0 Å². The lowest BCUT2D eigenvalue weighted by Crippen LogP contribution is -2.42. The number of hydrogen-bond donors (Lipinski definition) is 1. The van der Waals surface area contributed by atoms with Gasteiger partial charge in [0.05, 0.1) is 21.6 Å². The summed E-state index contributed by atoms with van der Waals surface area (Å²) in [5.74, 6) is 0.910. The molecule has 1 aromatic carbocycles. The number of hydrogen-bond acceptors (Lipinski definition) is 5. The second kappa shape index (κ2) is 7.71. The van der Waals surface area contributed by atoms with Gasteiger partial charge >= 0.3 is 0 Å². The van der Waals surface area contributed by atoms with Crippen LogP contribution >= 0.6 is 23.2 Å².